The van der Waals surface area contributed by atoms with Crippen LogP contribution in [0.15, 0.2) is 53.0 Å². The number of carbonyl (C=O) groups is 1. The Kier molecular flexibility index (Phi) is 5.63. The molecule has 1 amide bonds. The predicted molar refractivity (Wildman–Crippen MR) is 97.2 cm³/mol. The van der Waals surface area contributed by atoms with E-state index in [9.17, 15) is 9.18 Å². The van der Waals surface area contributed by atoms with Crippen LogP contribution < -0.4 is 5.32 Å². The topological polar surface area (TPSA) is 32.3 Å². The van der Waals surface area contributed by atoms with Crippen molar-refractivity contribution in [2.24, 2.45) is 5.92 Å². The van der Waals surface area contributed by atoms with Crippen LogP contribution in [-0.4, -0.2) is 23.9 Å². The maximum absolute atomic E-state index is 13.3. The second-order valence-electron chi connectivity index (χ2n) is 6.15. The van der Waals surface area contributed by atoms with Gasteiger partial charge in [-0.1, -0.05) is 24.3 Å². The third kappa shape index (κ3) is 4.42. The lowest BCUT2D eigenvalue weighted by Crippen LogP contribution is -2.37. The molecule has 0 aromatic heterocycles. The van der Waals surface area contributed by atoms with Gasteiger partial charge in [0.05, 0.1) is 4.47 Å². The third-order valence-electron chi connectivity index (χ3n) is 4.39. The number of hydrogen-bond donors (Lipinski definition) is 1. The van der Waals surface area contributed by atoms with Gasteiger partial charge < -0.3 is 5.32 Å². The summed E-state index contributed by atoms with van der Waals surface area (Å²) in [6.07, 6.45) is 1.70. The highest BCUT2D eigenvalue weighted by Gasteiger charge is 2.25. The standard InChI is InChI=1S/C19H20BrFN2O/c20-17-12-14(6-7-18(17)21)13-23-10-8-15(9-11-23)19(24)22-16-4-2-1-3-5-16/h1-7,12,15H,8-11,13H2,(H,22,24). The van der Waals surface area contributed by atoms with Crippen LogP contribution in [0.25, 0.3) is 0 Å². The number of nitrogens with one attached hydrogen (secondary N) is 1. The summed E-state index contributed by atoms with van der Waals surface area (Å²) in [5.74, 6) is -0.0816. The van der Waals surface area contributed by atoms with Crippen molar-refractivity contribution >= 4 is 27.5 Å². The summed E-state index contributed by atoms with van der Waals surface area (Å²) in [5.41, 5.74) is 1.93. The van der Waals surface area contributed by atoms with E-state index in [2.05, 4.69) is 26.1 Å². The van der Waals surface area contributed by atoms with Gasteiger partial charge in [-0.05, 0) is 71.7 Å². The van der Waals surface area contributed by atoms with Crippen molar-refractivity contribution in [2.45, 2.75) is 19.4 Å². The van der Waals surface area contributed by atoms with Crippen LogP contribution in [0.1, 0.15) is 18.4 Å². The minimum atomic E-state index is -0.241. The van der Waals surface area contributed by atoms with Crippen LogP contribution in [-0.2, 0) is 11.3 Å². The molecule has 126 valence electrons. The van der Waals surface area contributed by atoms with Crippen LogP contribution >= 0.6 is 15.9 Å². The van der Waals surface area contributed by atoms with E-state index < -0.39 is 0 Å². The number of nitrogens with zero attached hydrogens (tertiary/aromatic N) is 1. The Hall–Kier alpha value is -1.72. The van der Waals surface area contributed by atoms with Crippen LogP contribution in [0, 0.1) is 11.7 Å². The Balaban J connectivity index is 1.50. The van der Waals surface area contributed by atoms with Crippen molar-refractivity contribution in [3.8, 4) is 0 Å². The predicted octanol–water partition coefficient (Wildman–Crippen LogP) is 4.44. The number of piperidine rings is 1. The number of amides is 1. The van der Waals surface area contributed by atoms with E-state index in [4.69, 9.17) is 0 Å². The molecule has 1 aliphatic heterocycles. The Morgan fingerprint density at radius 1 is 1.17 bits per heavy atom. The second kappa shape index (κ2) is 7.90. The molecule has 1 N–H and O–H groups in total. The van der Waals surface area contributed by atoms with E-state index in [1.165, 1.54) is 6.07 Å². The summed E-state index contributed by atoms with van der Waals surface area (Å²) >= 11 is 3.22. The molecule has 1 saturated heterocycles. The first-order valence-electron chi connectivity index (χ1n) is 8.14. The van der Waals surface area contributed by atoms with E-state index in [0.717, 1.165) is 43.7 Å². The van der Waals surface area contributed by atoms with E-state index in [0.29, 0.717) is 4.47 Å². The molecule has 5 heteroatoms. The highest BCUT2D eigenvalue weighted by atomic mass is 79.9. The summed E-state index contributed by atoms with van der Waals surface area (Å²) in [4.78, 5) is 14.6. The first kappa shape index (κ1) is 17.1. The summed E-state index contributed by atoms with van der Waals surface area (Å²) in [6, 6.07) is 14.7. The molecule has 0 aliphatic carbocycles. The first-order valence-corrected chi connectivity index (χ1v) is 8.93. The molecule has 2 aromatic carbocycles. The van der Waals surface area contributed by atoms with Crippen molar-refractivity contribution in [1.82, 2.24) is 4.90 Å². The van der Waals surface area contributed by atoms with E-state index in [1.807, 2.05) is 42.5 Å². The van der Waals surface area contributed by atoms with Crippen molar-refractivity contribution in [3.05, 3.63) is 64.4 Å². The molecule has 1 heterocycles. The van der Waals surface area contributed by atoms with Crippen molar-refractivity contribution < 1.29 is 9.18 Å². The molecule has 24 heavy (non-hydrogen) atoms. The second-order valence-corrected chi connectivity index (χ2v) is 7.01. The fraction of sp³-hybridized carbons (Fsp3) is 0.316. The zero-order valence-electron chi connectivity index (χ0n) is 13.3. The molecule has 2 aromatic rings. The first-order chi connectivity index (χ1) is 11.6. The van der Waals surface area contributed by atoms with Crippen LogP contribution in [0.2, 0.25) is 0 Å². The fourth-order valence-electron chi connectivity index (χ4n) is 3.02. The average molecular weight is 391 g/mol. The Morgan fingerprint density at radius 2 is 1.88 bits per heavy atom. The Bertz CT molecular complexity index is 700. The highest BCUT2D eigenvalue weighted by Crippen LogP contribution is 2.23. The molecule has 0 bridgehead atoms. The molecular weight excluding hydrogens is 371 g/mol. The molecule has 3 rings (SSSR count). The van der Waals surface area contributed by atoms with Crippen LogP contribution in [0.5, 0.6) is 0 Å². The number of anilines is 1. The number of rotatable bonds is 4. The third-order valence-corrected chi connectivity index (χ3v) is 5.00. The number of benzene rings is 2. The van der Waals surface area contributed by atoms with Gasteiger partial charge in [-0.25, -0.2) is 4.39 Å². The smallest absolute Gasteiger partial charge is 0.227 e. The zero-order valence-corrected chi connectivity index (χ0v) is 14.9. The molecule has 1 fully saturated rings. The number of hydrogen-bond acceptors (Lipinski definition) is 2. The normalized spacial score (nSPS) is 16.1. The van der Waals surface area contributed by atoms with Gasteiger partial charge in [0, 0.05) is 18.2 Å². The van der Waals surface area contributed by atoms with Gasteiger partial charge in [0.15, 0.2) is 0 Å². The molecule has 0 spiro atoms. The lowest BCUT2D eigenvalue weighted by molar-refractivity contribution is -0.121. The van der Waals surface area contributed by atoms with Gasteiger partial charge in [-0.2, -0.15) is 0 Å². The van der Waals surface area contributed by atoms with Gasteiger partial charge in [-0.15, -0.1) is 0 Å². The summed E-state index contributed by atoms with van der Waals surface area (Å²) in [6.45, 7) is 2.54. The Labute approximate surface area is 150 Å². The van der Waals surface area contributed by atoms with Crippen molar-refractivity contribution in [2.75, 3.05) is 18.4 Å². The van der Waals surface area contributed by atoms with Gasteiger partial charge in [0.2, 0.25) is 5.91 Å². The fourth-order valence-corrected chi connectivity index (χ4v) is 3.44. The lowest BCUT2D eigenvalue weighted by atomic mass is 9.95. The molecule has 0 atom stereocenters. The molecule has 3 nitrogen and oxygen atoms in total. The highest BCUT2D eigenvalue weighted by molar-refractivity contribution is 9.10. The number of halogens is 2. The van der Waals surface area contributed by atoms with Gasteiger partial charge in [0.25, 0.3) is 0 Å². The molecule has 1 aliphatic rings. The number of likely N-dealkylation sites (tertiary alicyclic amines) is 1. The average Bonchev–Trinajstić information content (AvgIpc) is 2.60. The maximum Gasteiger partial charge on any atom is 0.227 e. The van der Waals surface area contributed by atoms with E-state index >= 15 is 0 Å². The van der Waals surface area contributed by atoms with E-state index in [-0.39, 0.29) is 17.6 Å². The van der Waals surface area contributed by atoms with Crippen LogP contribution in [0.3, 0.4) is 0 Å². The minimum Gasteiger partial charge on any atom is -0.326 e. The van der Waals surface area contributed by atoms with Crippen LogP contribution in [0.4, 0.5) is 10.1 Å². The number of para-hydroxylation sites is 1. The monoisotopic (exact) mass is 390 g/mol. The summed E-state index contributed by atoms with van der Waals surface area (Å²) in [7, 11) is 0. The molecule has 0 saturated carbocycles. The summed E-state index contributed by atoms with van der Waals surface area (Å²) in [5, 5.41) is 2.98. The van der Waals surface area contributed by atoms with Crippen molar-refractivity contribution in [1.29, 1.82) is 0 Å². The largest absolute Gasteiger partial charge is 0.326 e. The van der Waals surface area contributed by atoms with Crippen molar-refractivity contribution in [3.63, 3.8) is 0 Å². The molecular formula is C19H20BrFN2O. The SMILES string of the molecule is O=C(Nc1ccccc1)C1CCN(Cc2ccc(F)c(Br)c2)CC1. The zero-order chi connectivity index (χ0) is 16.9. The molecule has 0 unspecified atom stereocenters. The molecule has 0 radical (unpaired) electrons. The summed E-state index contributed by atoms with van der Waals surface area (Å²) < 4.78 is 13.8. The van der Waals surface area contributed by atoms with Gasteiger partial charge >= 0.3 is 0 Å². The number of carbonyl (C=O) groups excluding carboxylic acids is 1. The van der Waals surface area contributed by atoms with E-state index in [1.54, 1.807) is 0 Å². The lowest BCUT2D eigenvalue weighted by Gasteiger charge is -2.31. The maximum atomic E-state index is 13.3. The van der Waals surface area contributed by atoms with Gasteiger partial charge in [0.1, 0.15) is 5.82 Å². The minimum absolute atomic E-state index is 0.0569. The Morgan fingerprint density at radius 3 is 2.54 bits per heavy atom. The quantitative estimate of drug-likeness (QED) is 0.836. The van der Waals surface area contributed by atoms with Gasteiger partial charge in [-0.3, -0.25) is 9.69 Å².